The number of hydrogen-bond acceptors (Lipinski definition) is 3. The van der Waals surface area contributed by atoms with E-state index < -0.39 is 0 Å². The minimum Gasteiger partial charge on any atom is -0.271 e. The topological polar surface area (TPSA) is 55.9 Å². The van der Waals surface area contributed by atoms with Crippen LogP contribution >= 0.6 is 15.9 Å². The molecule has 18 heavy (non-hydrogen) atoms. The van der Waals surface area contributed by atoms with Crippen molar-refractivity contribution >= 4 is 15.9 Å². The summed E-state index contributed by atoms with van der Waals surface area (Å²) in [4.78, 5) is 0. The first-order chi connectivity index (χ1) is 8.42. The summed E-state index contributed by atoms with van der Waals surface area (Å²) in [7, 11) is 0. The average molecular weight is 317 g/mol. The van der Waals surface area contributed by atoms with E-state index in [1.54, 1.807) is 0 Å². The second-order valence-corrected chi connectivity index (χ2v) is 6.04. The Labute approximate surface area is 118 Å². The first-order valence-corrected chi connectivity index (χ1v) is 7.39. The van der Waals surface area contributed by atoms with E-state index in [0.29, 0.717) is 11.8 Å². The Kier molecular flexibility index (Phi) is 5.82. The van der Waals surface area contributed by atoms with Crippen molar-refractivity contribution in [3.8, 4) is 0 Å². The van der Waals surface area contributed by atoms with Gasteiger partial charge in [0.25, 0.3) is 0 Å². The maximum Gasteiger partial charge on any atom is 0.0738 e. The molecule has 3 N–H and O–H groups in total. The molecule has 0 fully saturated rings. The van der Waals surface area contributed by atoms with Gasteiger partial charge in [0.1, 0.15) is 0 Å². The van der Waals surface area contributed by atoms with E-state index >= 15 is 0 Å². The molecule has 1 aromatic heterocycles. The number of aromatic nitrogens is 2. The predicted octanol–water partition coefficient (Wildman–Crippen LogP) is 2.64. The summed E-state index contributed by atoms with van der Waals surface area (Å²) >= 11 is 3.63. The molecule has 0 spiro atoms. The van der Waals surface area contributed by atoms with Gasteiger partial charge in [0, 0.05) is 19.0 Å². The Morgan fingerprint density at radius 2 is 2.00 bits per heavy atom. The second kappa shape index (κ2) is 6.68. The molecule has 2 atom stereocenters. The summed E-state index contributed by atoms with van der Waals surface area (Å²) in [6.07, 6.45) is 0.894. The number of rotatable bonds is 6. The van der Waals surface area contributed by atoms with Crippen molar-refractivity contribution in [1.82, 2.24) is 15.2 Å². The summed E-state index contributed by atoms with van der Waals surface area (Å²) in [5.74, 6) is 6.83. The van der Waals surface area contributed by atoms with Crippen LogP contribution in [0.5, 0.6) is 0 Å². The number of hydrogen-bond donors (Lipinski definition) is 2. The summed E-state index contributed by atoms with van der Waals surface area (Å²) in [5, 5.41) is 4.52. The average Bonchev–Trinajstić information content (AvgIpc) is 2.61. The molecular weight excluding hydrogens is 292 g/mol. The molecule has 0 aliphatic rings. The smallest absolute Gasteiger partial charge is 0.0738 e. The largest absolute Gasteiger partial charge is 0.271 e. The van der Waals surface area contributed by atoms with Gasteiger partial charge >= 0.3 is 0 Å². The standard InChI is InChI=1S/C13H25BrN4/c1-6-18-12(13(14)10(5)17-18)7-11(16-15)9(4)8(2)3/h8-9,11,16H,6-7,15H2,1-5H3. The molecule has 1 rings (SSSR count). The van der Waals surface area contributed by atoms with Gasteiger partial charge in [-0.3, -0.25) is 16.0 Å². The van der Waals surface area contributed by atoms with E-state index in [1.165, 1.54) is 5.69 Å². The Hall–Kier alpha value is -0.390. The number of aryl methyl sites for hydroxylation is 2. The normalized spacial score (nSPS) is 15.1. The molecule has 0 saturated heterocycles. The molecular formula is C13H25BrN4. The van der Waals surface area contributed by atoms with E-state index in [0.717, 1.165) is 23.1 Å². The number of nitrogens with one attached hydrogen (secondary N) is 1. The fraction of sp³-hybridized carbons (Fsp3) is 0.769. The van der Waals surface area contributed by atoms with Crippen molar-refractivity contribution < 1.29 is 0 Å². The van der Waals surface area contributed by atoms with Crippen molar-refractivity contribution in [1.29, 1.82) is 0 Å². The van der Waals surface area contributed by atoms with Gasteiger partial charge in [0.2, 0.25) is 0 Å². The van der Waals surface area contributed by atoms with Gasteiger partial charge in [-0.05, 0) is 41.6 Å². The van der Waals surface area contributed by atoms with Crippen LogP contribution in [0, 0.1) is 18.8 Å². The number of halogens is 1. The van der Waals surface area contributed by atoms with Crippen LogP contribution < -0.4 is 11.3 Å². The lowest BCUT2D eigenvalue weighted by atomic mass is 9.88. The minimum atomic E-state index is 0.266. The van der Waals surface area contributed by atoms with Gasteiger partial charge in [0.15, 0.2) is 0 Å². The molecule has 0 aliphatic heterocycles. The summed E-state index contributed by atoms with van der Waals surface area (Å²) in [5.41, 5.74) is 5.23. The Balaban J connectivity index is 2.94. The van der Waals surface area contributed by atoms with Gasteiger partial charge in [-0.15, -0.1) is 0 Å². The van der Waals surface area contributed by atoms with Gasteiger partial charge < -0.3 is 0 Å². The third-order valence-corrected chi connectivity index (χ3v) is 4.80. The molecule has 1 aromatic rings. The van der Waals surface area contributed by atoms with Crippen LogP contribution in [-0.2, 0) is 13.0 Å². The SMILES string of the molecule is CCn1nc(C)c(Br)c1CC(NN)C(C)C(C)C. The summed E-state index contributed by atoms with van der Waals surface area (Å²) < 4.78 is 3.16. The van der Waals surface area contributed by atoms with Crippen LogP contribution in [0.1, 0.15) is 39.1 Å². The molecule has 5 heteroatoms. The molecule has 104 valence electrons. The van der Waals surface area contributed by atoms with E-state index in [4.69, 9.17) is 5.84 Å². The summed E-state index contributed by atoms with van der Waals surface area (Å²) in [6, 6.07) is 0.266. The highest BCUT2D eigenvalue weighted by atomic mass is 79.9. The lowest BCUT2D eigenvalue weighted by Crippen LogP contribution is -2.43. The molecule has 0 aliphatic carbocycles. The van der Waals surface area contributed by atoms with Gasteiger partial charge in [0.05, 0.1) is 15.9 Å². The molecule has 4 nitrogen and oxygen atoms in total. The third-order valence-electron chi connectivity index (χ3n) is 3.77. The quantitative estimate of drug-likeness (QED) is 0.626. The summed E-state index contributed by atoms with van der Waals surface area (Å²) in [6.45, 7) is 11.7. The molecule has 0 aromatic carbocycles. The van der Waals surface area contributed by atoms with Crippen molar-refractivity contribution in [2.45, 2.75) is 53.6 Å². The van der Waals surface area contributed by atoms with Crippen molar-refractivity contribution in [2.24, 2.45) is 17.7 Å². The molecule has 1 heterocycles. The maximum atomic E-state index is 5.71. The maximum absolute atomic E-state index is 5.71. The lowest BCUT2D eigenvalue weighted by Gasteiger charge is -2.26. The molecule has 2 unspecified atom stereocenters. The highest BCUT2D eigenvalue weighted by Gasteiger charge is 2.23. The van der Waals surface area contributed by atoms with Crippen LogP contribution in [0.4, 0.5) is 0 Å². The highest BCUT2D eigenvalue weighted by molar-refractivity contribution is 9.10. The highest BCUT2D eigenvalue weighted by Crippen LogP contribution is 2.25. The van der Waals surface area contributed by atoms with Crippen LogP contribution in [-0.4, -0.2) is 15.8 Å². The monoisotopic (exact) mass is 316 g/mol. The van der Waals surface area contributed by atoms with Gasteiger partial charge in [-0.25, -0.2) is 0 Å². The Morgan fingerprint density at radius 1 is 1.39 bits per heavy atom. The first-order valence-electron chi connectivity index (χ1n) is 6.60. The van der Waals surface area contributed by atoms with Crippen molar-refractivity contribution in [3.63, 3.8) is 0 Å². The molecule has 0 saturated carbocycles. The predicted molar refractivity (Wildman–Crippen MR) is 79.2 cm³/mol. The Bertz CT molecular complexity index is 387. The van der Waals surface area contributed by atoms with Crippen LogP contribution in [0.3, 0.4) is 0 Å². The van der Waals surface area contributed by atoms with Crippen molar-refractivity contribution in [2.75, 3.05) is 0 Å². The minimum absolute atomic E-state index is 0.266. The number of hydrazine groups is 1. The van der Waals surface area contributed by atoms with Crippen LogP contribution in [0.2, 0.25) is 0 Å². The number of nitrogens with two attached hydrogens (primary N) is 1. The molecule has 0 amide bonds. The Morgan fingerprint density at radius 3 is 2.44 bits per heavy atom. The van der Waals surface area contributed by atoms with Gasteiger partial charge in [-0.2, -0.15) is 5.10 Å². The number of nitrogens with zero attached hydrogens (tertiary/aromatic N) is 2. The molecule has 0 radical (unpaired) electrons. The van der Waals surface area contributed by atoms with E-state index in [-0.39, 0.29) is 6.04 Å². The van der Waals surface area contributed by atoms with Gasteiger partial charge in [-0.1, -0.05) is 20.8 Å². The zero-order valence-corrected chi connectivity index (χ0v) is 13.6. The molecule has 0 bridgehead atoms. The zero-order valence-electron chi connectivity index (χ0n) is 12.0. The fourth-order valence-electron chi connectivity index (χ4n) is 2.13. The van der Waals surface area contributed by atoms with Crippen LogP contribution in [0.15, 0.2) is 4.47 Å². The first kappa shape index (κ1) is 15.7. The van der Waals surface area contributed by atoms with E-state index in [1.807, 2.05) is 6.92 Å². The fourth-order valence-corrected chi connectivity index (χ4v) is 2.58. The van der Waals surface area contributed by atoms with E-state index in [2.05, 4.69) is 58.8 Å². The van der Waals surface area contributed by atoms with Crippen molar-refractivity contribution in [3.05, 3.63) is 15.9 Å². The second-order valence-electron chi connectivity index (χ2n) is 5.24. The van der Waals surface area contributed by atoms with Crippen LogP contribution in [0.25, 0.3) is 0 Å². The zero-order chi connectivity index (χ0) is 13.9. The van der Waals surface area contributed by atoms with E-state index in [9.17, 15) is 0 Å². The lowest BCUT2D eigenvalue weighted by molar-refractivity contribution is 0.295. The third kappa shape index (κ3) is 3.33.